The number of sulfonamides is 1. The van der Waals surface area contributed by atoms with Gasteiger partial charge in [-0.05, 0) is 23.8 Å². The van der Waals surface area contributed by atoms with Crippen molar-refractivity contribution < 1.29 is 17.5 Å². The van der Waals surface area contributed by atoms with E-state index in [1.807, 2.05) is 37.4 Å². The lowest BCUT2D eigenvalue weighted by Crippen LogP contribution is -2.36. The van der Waals surface area contributed by atoms with Gasteiger partial charge in [0.25, 0.3) is 0 Å². The maximum atomic E-state index is 13.5. The zero-order chi connectivity index (χ0) is 20.4. The molecule has 2 aromatic carbocycles. The molecule has 0 amide bonds. The minimum atomic E-state index is -3.78. The van der Waals surface area contributed by atoms with E-state index in [4.69, 9.17) is 4.74 Å². The van der Waals surface area contributed by atoms with Gasteiger partial charge in [0.15, 0.2) is 0 Å². The van der Waals surface area contributed by atoms with Gasteiger partial charge in [0.1, 0.15) is 5.82 Å². The van der Waals surface area contributed by atoms with E-state index in [0.717, 1.165) is 28.6 Å². The predicted molar refractivity (Wildman–Crippen MR) is 106 cm³/mol. The van der Waals surface area contributed by atoms with Crippen molar-refractivity contribution in [1.82, 2.24) is 14.1 Å². The summed E-state index contributed by atoms with van der Waals surface area (Å²) >= 11 is 0. The lowest BCUT2D eigenvalue weighted by atomic mass is 10.1. The van der Waals surface area contributed by atoms with Crippen molar-refractivity contribution in [2.75, 3.05) is 6.54 Å². The molecule has 0 radical (unpaired) electrons. The van der Waals surface area contributed by atoms with Gasteiger partial charge in [-0.15, -0.1) is 0 Å². The van der Waals surface area contributed by atoms with Crippen LogP contribution in [0.3, 0.4) is 0 Å². The number of halogens is 1. The smallest absolute Gasteiger partial charge is 0.243 e. The van der Waals surface area contributed by atoms with E-state index in [9.17, 15) is 12.8 Å². The lowest BCUT2D eigenvalue weighted by Gasteiger charge is -2.27. The van der Waals surface area contributed by atoms with E-state index in [2.05, 4.69) is 5.10 Å². The normalized spacial score (nSPS) is 14.7. The Labute approximate surface area is 169 Å². The molecule has 0 atom stereocenters. The minimum absolute atomic E-state index is 0.0354. The Morgan fingerprint density at radius 2 is 1.90 bits per heavy atom. The third kappa shape index (κ3) is 4.10. The first-order valence-corrected chi connectivity index (χ1v) is 10.8. The summed E-state index contributed by atoms with van der Waals surface area (Å²) in [6.07, 6.45) is 0.548. The summed E-state index contributed by atoms with van der Waals surface area (Å²) in [6.45, 7) is 1.28. The SMILES string of the molecule is Cn1nc(COCc2ccccc2)c2c1CCN(S(=O)(=O)c1cccc(F)c1)C2. The van der Waals surface area contributed by atoms with Crippen LogP contribution in [0.2, 0.25) is 0 Å². The Kier molecular flexibility index (Phi) is 5.49. The van der Waals surface area contributed by atoms with E-state index in [0.29, 0.717) is 26.2 Å². The number of aryl methyl sites for hydroxylation is 1. The van der Waals surface area contributed by atoms with Gasteiger partial charge < -0.3 is 4.74 Å². The molecule has 0 spiro atoms. The quantitative estimate of drug-likeness (QED) is 0.621. The number of fused-ring (bicyclic) bond motifs is 1. The first kappa shape index (κ1) is 19.8. The van der Waals surface area contributed by atoms with Gasteiger partial charge in [-0.2, -0.15) is 9.40 Å². The fraction of sp³-hybridized carbons (Fsp3) is 0.286. The first-order valence-electron chi connectivity index (χ1n) is 9.36. The number of benzene rings is 2. The second-order valence-electron chi connectivity index (χ2n) is 7.02. The molecule has 3 aromatic rings. The minimum Gasteiger partial charge on any atom is -0.370 e. The van der Waals surface area contributed by atoms with Crippen LogP contribution in [-0.2, 0) is 48.0 Å². The van der Waals surface area contributed by atoms with E-state index >= 15 is 0 Å². The number of nitrogens with zero attached hydrogens (tertiary/aromatic N) is 3. The molecular formula is C21H22FN3O3S. The van der Waals surface area contributed by atoms with Crippen LogP contribution in [0.1, 0.15) is 22.5 Å². The molecule has 0 N–H and O–H groups in total. The molecule has 0 saturated carbocycles. The summed E-state index contributed by atoms with van der Waals surface area (Å²) in [5.74, 6) is -0.569. The molecule has 6 nitrogen and oxygen atoms in total. The topological polar surface area (TPSA) is 64.4 Å². The Bertz CT molecular complexity index is 1110. The average Bonchev–Trinajstić information content (AvgIpc) is 3.04. The molecule has 8 heteroatoms. The Morgan fingerprint density at radius 3 is 2.66 bits per heavy atom. The highest BCUT2D eigenvalue weighted by Crippen LogP contribution is 2.27. The van der Waals surface area contributed by atoms with E-state index in [1.165, 1.54) is 22.5 Å². The molecule has 1 aromatic heterocycles. The fourth-order valence-electron chi connectivity index (χ4n) is 3.58. The van der Waals surface area contributed by atoms with Crippen molar-refractivity contribution in [3.63, 3.8) is 0 Å². The highest BCUT2D eigenvalue weighted by molar-refractivity contribution is 7.89. The van der Waals surface area contributed by atoms with Gasteiger partial charge in [0.2, 0.25) is 10.0 Å². The largest absolute Gasteiger partial charge is 0.370 e. The Balaban J connectivity index is 1.52. The van der Waals surface area contributed by atoms with Crippen LogP contribution < -0.4 is 0 Å². The average molecular weight is 415 g/mol. The van der Waals surface area contributed by atoms with Gasteiger partial charge in [-0.3, -0.25) is 4.68 Å². The van der Waals surface area contributed by atoms with Gasteiger partial charge in [-0.1, -0.05) is 36.4 Å². The fourth-order valence-corrected chi connectivity index (χ4v) is 5.02. The number of hydrogen-bond donors (Lipinski definition) is 0. The summed E-state index contributed by atoms with van der Waals surface area (Å²) in [7, 11) is -1.93. The van der Waals surface area contributed by atoms with Crippen LogP contribution >= 0.6 is 0 Å². The molecule has 1 aliphatic heterocycles. The Morgan fingerprint density at radius 1 is 1.10 bits per heavy atom. The molecule has 4 rings (SSSR count). The molecule has 2 heterocycles. The highest BCUT2D eigenvalue weighted by Gasteiger charge is 2.32. The van der Waals surface area contributed by atoms with Crippen LogP contribution in [0.5, 0.6) is 0 Å². The maximum Gasteiger partial charge on any atom is 0.243 e. The standard InChI is InChI=1S/C21H22FN3O3S/c1-24-21-10-11-25(29(26,27)18-9-5-8-17(22)12-18)13-19(21)20(23-24)15-28-14-16-6-3-2-4-7-16/h2-9,12H,10-11,13-15H2,1H3. The monoisotopic (exact) mass is 415 g/mol. The molecule has 0 fully saturated rings. The van der Waals surface area contributed by atoms with Crippen LogP contribution in [0.15, 0.2) is 59.5 Å². The zero-order valence-electron chi connectivity index (χ0n) is 16.1. The van der Waals surface area contributed by atoms with Crippen LogP contribution in [0.4, 0.5) is 4.39 Å². The number of hydrogen-bond acceptors (Lipinski definition) is 4. The van der Waals surface area contributed by atoms with Crippen LogP contribution in [0.25, 0.3) is 0 Å². The second kappa shape index (κ2) is 8.06. The summed E-state index contributed by atoms with van der Waals surface area (Å²) < 4.78 is 48.5. The van der Waals surface area contributed by atoms with Crippen molar-refractivity contribution in [3.8, 4) is 0 Å². The number of rotatable bonds is 6. The molecule has 152 valence electrons. The van der Waals surface area contributed by atoms with Crippen molar-refractivity contribution >= 4 is 10.0 Å². The maximum absolute atomic E-state index is 13.5. The van der Waals surface area contributed by atoms with Gasteiger partial charge in [0, 0.05) is 37.8 Å². The van der Waals surface area contributed by atoms with E-state index in [-0.39, 0.29) is 11.4 Å². The van der Waals surface area contributed by atoms with Crippen molar-refractivity contribution in [2.45, 2.75) is 31.1 Å². The third-order valence-electron chi connectivity index (χ3n) is 5.07. The van der Waals surface area contributed by atoms with Crippen molar-refractivity contribution in [1.29, 1.82) is 0 Å². The molecule has 29 heavy (non-hydrogen) atoms. The molecule has 0 unspecified atom stereocenters. The third-order valence-corrected chi connectivity index (χ3v) is 6.92. The molecule has 1 aliphatic rings. The van der Waals surface area contributed by atoms with Gasteiger partial charge in [0.05, 0.1) is 23.8 Å². The van der Waals surface area contributed by atoms with Crippen LogP contribution in [0, 0.1) is 5.82 Å². The molecule has 0 saturated heterocycles. The molecule has 0 aliphatic carbocycles. The summed E-state index contributed by atoms with van der Waals surface area (Å²) in [5.41, 5.74) is 3.67. The van der Waals surface area contributed by atoms with E-state index < -0.39 is 15.8 Å². The highest BCUT2D eigenvalue weighted by atomic mass is 32.2. The summed E-state index contributed by atoms with van der Waals surface area (Å²) in [6, 6.07) is 14.9. The first-order chi connectivity index (χ1) is 13.9. The molecule has 0 bridgehead atoms. The summed E-state index contributed by atoms with van der Waals surface area (Å²) in [4.78, 5) is -0.0354. The zero-order valence-corrected chi connectivity index (χ0v) is 16.9. The van der Waals surface area contributed by atoms with E-state index in [1.54, 1.807) is 4.68 Å². The molecular weight excluding hydrogens is 393 g/mol. The predicted octanol–water partition coefficient (Wildman–Crippen LogP) is 3.02. The Hall–Kier alpha value is -2.55. The van der Waals surface area contributed by atoms with Crippen molar-refractivity contribution in [3.05, 3.63) is 82.9 Å². The number of aromatic nitrogens is 2. The lowest BCUT2D eigenvalue weighted by molar-refractivity contribution is 0.103. The summed E-state index contributed by atoms with van der Waals surface area (Å²) in [5, 5.41) is 4.54. The van der Waals surface area contributed by atoms with Gasteiger partial charge in [-0.25, -0.2) is 12.8 Å². The van der Waals surface area contributed by atoms with Crippen molar-refractivity contribution in [2.24, 2.45) is 7.05 Å². The number of ether oxygens (including phenoxy) is 1. The second-order valence-corrected chi connectivity index (χ2v) is 8.96. The van der Waals surface area contributed by atoms with Crippen LogP contribution in [-0.4, -0.2) is 29.0 Å². The van der Waals surface area contributed by atoms with Gasteiger partial charge >= 0.3 is 0 Å².